The third-order valence-corrected chi connectivity index (χ3v) is 3.54. The first kappa shape index (κ1) is 9.52. The van der Waals surface area contributed by atoms with E-state index in [-0.39, 0.29) is 17.3 Å². The van der Waals surface area contributed by atoms with Gasteiger partial charge in [0.15, 0.2) is 0 Å². The molecular weight excluding hydrogens is 154 g/mol. The van der Waals surface area contributed by atoms with Crippen LogP contribution < -0.4 is 5.73 Å². The third-order valence-electron chi connectivity index (χ3n) is 3.54. The lowest BCUT2D eigenvalue weighted by Gasteiger charge is -2.55. The molecule has 1 aliphatic rings. The Hall–Kier alpha value is -0.570. The summed E-state index contributed by atoms with van der Waals surface area (Å²) in [5.41, 5.74) is 5.60. The van der Waals surface area contributed by atoms with E-state index in [0.29, 0.717) is 6.54 Å². The first-order valence-corrected chi connectivity index (χ1v) is 4.35. The van der Waals surface area contributed by atoms with Gasteiger partial charge in [-0.3, -0.25) is 4.79 Å². The van der Waals surface area contributed by atoms with E-state index in [1.807, 2.05) is 0 Å². The average molecular weight is 171 g/mol. The van der Waals surface area contributed by atoms with Gasteiger partial charge in [0.25, 0.3) is 0 Å². The van der Waals surface area contributed by atoms with Crippen LogP contribution in [0.5, 0.6) is 0 Å². The number of carboxylic acid groups (broad SMARTS) is 1. The number of carbonyl (C=O) groups is 1. The quantitative estimate of drug-likeness (QED) is 0.671. The van der Waals surface area contributed by atoms with Crippen molar-refractivity contribution in [3.8, 4) is 0 Å². The largest absolute Gasteiger partial charge is 0.481 e. The molecule has 1 rings (SSSR count). The molecule has 0 aromatic rings. The number of aliphatic carboxylic acids is 1. The van der Waals surface area contributed by atoms with Gasteiger partial charge in [0.2, 0.25) is 0 Å². The number of hydrogen-bond acceptors (Lipinski definition) is 2. The molecule has 0 aromatic heterocycles. The van der Waals surface area contributed by atoms with E-state index < -0.39 is 5.97 Å². The monoisotopic (exact) mass is 171 g/mol. The maximum atomic E-state index is 10.6. The predicted molar refractivity (Wildman–Crippen MR) is 46.8 cm³/mol. The van der Waals surface area contributed by atoms with Gasteiger partial charge in [0.05, 0.1) is 6.42 Å². The third kappa shape index (κ3) is 1.22. The molecule has 1 atom stereocenters. The Morgan fingerprint density at radius 3 is 2.17 bits per heavy atom. The van der Waals surface area contributed by atoms with Crippen molar-refractivity contribution in [3.05, 3.63) is 0 Å². The van der Waals surface area contributed by atoms with Crippen LogP contribution in [-0.2, 0) is 4.79 Å². The molecule has 3 N–H and O–H groups in total. The zero-order valence-electron chi connectivity index (χ0n) is 7.76. The molecule has 3 nitrogen and oxygen atoms in total. The molecule has 0 unspecified atom stereocenters. The van der Waals surface area contributed by atoms with Crippen LogP contribution in [0, 0.1) is 10.8 Å². The van der Waals surface area contributed by atoms with E-state index in [1.54, 1.807) is 0 Å². The summed E-state index contributed by atoms with van der Waals surface area (Å²) in [6.07, 6.45) is 2.27. The highest BCUT2D eigenvalue weighted by Crippen LogP contribution is 2.57. The van der Waals surface area contributed by atoms with Crippen LogP contribution in [0.15, 0.2) is 0 Å². The molecule has 0 saturated heterocycles. The Morgan fingerprint density at radius 1 is 1.50 bits per heavy atom. The van der Waals surface area contributed by atoms with Crippen LogP contribution in [0.25, 0.3) is 0 Å². The van der Waals surface area contributed by atoms with Crippen molar-refractivity contribution in [1.29, 1.82) is 0 Å². The maximum Gasteiger partial charge on any atom is 0.303 e. The maximum absolute atomic E-state index is 10.6. The van der Waals surface area contributed by atoms with Gasteiger partial charge in [-0.1, -0.05) is 13.8 Å². The lowest BCUT2D eigenvalue weighted by molar-refractivity contribution is -0.147. The summed E-state index contributed by atoms with van der Waals surface area (Å²) in [7, 11) is 0. The summed E-state index contributed by atoms with van der Waals surface area (Å²) in [4.78, 5) is 10.6. The molecule has 0 aliphatic heterocycles. The van der Waals surface area contributed by atoms with Gasteiger partial charge >= 0.3 is 5.97 Å². The van der Waals surface area contributed by atoms with Gasteiger partial charge < -0.3 is 10.8 Å². The Morgan fingerprint density at radius 2 is 2.08 bits per heavy atom. The van der Waals surface area contributed by atoms with Crippen molar-refractivity contribution in [3.63, 3.8) is 0 Å². The zero-order valence-corrected chi connectivity index (χ0v) is 7.76. The molecule has 1 aliphatic carbocycles. The lowest BCUT2D eigenvalue weighted by atomic mass is 9.50. The predicted octanol–water partition coefficient (Wildman–Crippen LogP) is 1.23. The van der Waals surface area contributed by atoms with Gasteiger partial charge in [-0.2, -0.15) is 0 Å². The molecular formula is C9H17NO2. The summed E-state index contributed by atoms with van der Waals surface area (Å²) in [6.45, 7) is 4.70. The molecule has 0 amide bonds. The van der Waals surface area contributed by atoms with Crippen molar-refractivity contribution < 1.29 is 9.90 Å². The van der Waals surface area contributed by atoms with E-state index in [2.05, 4.69) is 13.8 Å². The Labute approximate surface area is 72.9 Å². The van der Waals surface area contributed by atoms with Crippen LogP contribution in [0.1, 0.15) is 33.1 Å². The van der Waals surface area contributed by atoms with Gasteiger partial charge in [-0.15, -0.1) is 0 Å². The molecule has 12 heavy (non-hydrogen) atoms. The molecule has 0 radical (unpaired) electrons. The second kappa shape index (κ2) is 2.73. The minimum Gasteiger partial charge on any atom is -0.481 e. The van der Waals surface area contributed by atoms with Crippen molar-refractivity contribution in [2.75, 3.05) is 6.54 Å². The second-order valence-corrected chi connectivity index (χ2v) is 4.44. The first-order valence-electron chi connectivity index (χ1n) is 4.35. The molecule has 0 bridgehead atoms. The highest BCUT2D eigenvalue weighted by molar-refractivity contribution is 5.68. The van der Waals surface area contributed by atoms with E-state index in [1.165, 1.54) is 0 Å². The fourth-order valence-corrected chi connectivity index (χ4v) is 2.05. The Bertz CT molecular complexity index is 197. The van der Waals surface area contributed by atoms with Crippen molar-refractivity contribution in [1.82, 2.24) is 0 Å². The highest BCUT2D eigenvalue weighted by Gasteiger charge is 2.52. The number of nitrogens with two attached hydrogens (primary N) is 1. The van der Waals surface area contributed by atoms with Crippen molar-refractivity contribution >= 4 is 5.97 Å². The zero-order chi connectivity index (χ0) is 9.41. The summed E-state index contributed by atoms with van der Waals surface area (Å²) < 4.78 is 0. The summed E-state index contributed by atoms with van der Waals surface area (Å²) in [5, 5.41) is 8.72. The molecule has 0 spiro atoms. The van der Waals surface area contributed by atoms with Crippen LogP contribution in [0.3, 0.4) is 0 Å². The minimum atomic E-state index is -0.728. The molecule has 1 fully saturated rings. The normalized spacial score (nSPS) is 32.6. The van der Waals surface area contributed by atoms with Gasteiger partial charge in [0, 0.05) is 0 Å². The van der Waals surface area contributed by atoms with Crippen LogP contribution in [0.4, 0.5) is 0 Å². The smallest absolute Gasteiger partial charge is 0.303 e. The second-order valence-electron chi connectivity index (χ2n) is 4.44. The molecule has 0 aromatic carbocycles. The summed E-state index contributed by atoms with van der Waals surface area (Å²) in [6, 6.07) is 0. The number of hydrogen-bond donors (Lipinski definition) is 2. The molecule has 3 heteroatoms. The lowest BCUT2D eigenvalue weighted by Crippen LogP contribution is -2.53. The minimum absolute atomic E-state index is 0.111. The van der Waals surface area contributed by atoms with E-state index in [9.17, 15) is 4.79 Å². The standard InChI is InChI=1S/C9H17NO2/c1-8(2)3-4-9(8,6-10)5-7(11)12/h3-6,10H2,1-2H3,(H,11,12)/t9-/m1/s1. The highest BCUT2D eigenvalue weighted by atomic mass is 16.4. The number of rotatable bonds is 3. The molecule has 70 valence electrons. The van der Waals surface area contributed by atoms with Crippen molar-refractivity contribution in [2.24, 2.45) is 16.6 Å². The van der Waals surface area contributed by atoms with Crippen LogP contribution >= 0.6 is 0 Å². The van der Waals surface area contributed by atoms with Gasteiger partial charge in [-0.05, 0) is 30.2 Å². The molecule has 0 heterocycles. The fourth-order valence-electron chi connectivity index (χ4n) is 2.05. The summed E-state index contributed by atoms with van der Waals surface area (Å²) in [5.74, 6) is -0.728. The number of carboxylic acids is 1. The molecule has 1 saturated carbocycles. The van der Waals surface area contributed by atoms with E-state index in [4.69, 9.17) is 10.8 Å². The Balaban J connectivity index is 2.71. The van der Waals surface area contributed by atoms with Gasteiger partial charge in [-0.25, -0.2) is 0 Å². The topological polar surface area (TPSA) is 63.3 Å². The van der Waals surface area contributed by atoms with Crippen LogP contribution in [0.2, 0.25) is 0 Å². The Kier molecular flexibility index (Phi) is 2.17. The van der Waals surface area contributed by atoms with Gasteiger partial charge in [0.1, 0.15) is 0 Å². The van der Waals surface area contributed by atoms with E-state index in [0.717, 1.165) is 12.8 Å². The summed E-state index contributed by atoms with van der Waals surface area (Å²) >= 11 is 0. The van der Waals surface area contributed by atoms with E-state index >= 15 is 0 Å². The van der Waals surface area contributed by atoms with Crippen LogP contribution in [-0.4, -0.2) is 17.6 Å². The first-order chi connectivity index (χ1) is 5.43. The average Bonchev–Trinajstić information content (AvgIpc) is 1.97. The fraction of sp³-hybridized carbons (Fsp3) is 0.889. The van der Waals surface area contributed by atoms with Crippen molar-refractivity contribution in [2.45, 2.75) is 33.1 Å². The SMILES string of the molecule is CC1(C)CC[C@]1(CN)CC(=O)O.